The van der Waals surface area contributed by atoms with Crippen LogP contribution in [0, 0.1) is 5.41 Å². The number of anilines is 1. The van der Waals surface area contributed by atoms with Gasteiger partial charge in [-0.1, -0.05) is 13.8 Å². The molecule has 2 amide bonds. The van der Waals surface area contributed by atoms with E-state index in [1.807, 2.05) is 0 Å². The van der Waals surface area contributed by atoms with Crippen LogP contribution in [-0.2, 0) is 57.7 Å². The van der Waals surface area contributed by atoms with Crippen molar-refractivity contribution < 1.29 is 75.7 Å². The summed E-state index contributed by atoms with van der Waals surface area (Å²) in [7, 11) is -16.3. The molecule has 270 valence electrons. The summed E-state index contributed by atoms with van der Waals surface area (Å²) in [6.07, 6.45) is -6.64. The van der Waals surface area contributed by atoms with Crippen molar-refractivity contribution in [2.45, 2.75) is 56.3 Å². The maximum atomic E-state index is 12.6. The summed E-state index contributed by atoms with van der Waals surface area (Å²) in [4.78, 5) is 74.8. The Balaban J connectivity index is 1.33. The fourth-order valence-electron chi connectivity index (χ4n) is 4.25. The molecule has 10 N–H and O–H groups in total. The minimum absolute atomic E-state index is 0.0334. The molecular weight excluding hydrogens is 731 g/mol. The Morgan fingerprint density at radius 2 is 1.83 bits per heavy atom. The number of ether oxygens (including phenoxy) is 1. The Bertz CT molecular complexity index is 1640. The number of phosphoric ester groups is 3. The first-order valence-electron chi connectivity index (χ1n) is 13.8. The summed E-state index contributed by atoms with van der Waals surface area (Å²) in [6, 6.07) is 0. The van der Waals surface area contributed by atoms with Crippen molar-refractivity contribution in [3.05, 3.63) is 12.7 Å². The Morgan fingerprint density at radius 1 is 1.17 bits per heavy atom. The summed E-state index contributed by atoms with van der Waals surface area (Å²) >= 11 is 1.10. The highest BCUT2D eigenvalue weighted by Crippen LogP contribution is 2.61. The van der Waals surface area contributed by atoms with Gasteiger partial charge in [0, 0.05) is 30.1 Å². The van der Waals surface area contributed by atoms with Gasteiger partial charge in [-0.25, -0.2) is 28.6 Å². The number of hydrogen-bond donors (Lipinski definition) is 9. The second-order valence-electron chi connectivity index (χ2n) is 11.2. The average Bonchev–Trinajstić information content (AvgIpc) is 3.59. The largest absolute Gasteiger partial charge is 0.481 e. The van der Waals surface area contributed by atoms with Gasteiger partial charge in [0.05, 0.1) is 19.5 Å². The first-order valence-corrected chi connectivity index (χ1v) is 19.4. The quantitative estimate of drug-likeness (QED) is 0.0349. The smallest absolute Gasteiger partial charge is 0.386 e. The Kier molecular flexibility index (Phi) is 12.1. The number of phosphoric acid groups is 3. The van der Waals surface area contributed by atoms with Crippen LogP contribution in [0.1, 0.15) is 26.5 Å². The first-order chi connectivity index (χ1) is 22.2. The summed E-state index contributed by atoms with van der Waals surface area (Å²) in [5.41, 5.74) is 4.32. The number of thiol groups is 1. The molecule has 0 bridgehead atoms. The molecule has 27 heteroatoms. The number of carbonyl (C=O) groups excluding carboxylic acids is 2. The molecule has 4 heterocycles. The molecule has 0 aliphatic carbocycles. The second-order valence-corrected chi connectivity index (χ2v) is 16.8. The van der Waals surface area contributed by atoms with E-state index in [0.717, 1.165) is 34.7 Å². The summed E-state index contributed by atoms with van der Waals surface area (Å²) in [6.45, 7) is 0.490. The van der Waals surface area contributed by atoms with Crippen molar-refractivity contribution in [2.75, 3.05) is 31.2 Å². The highest BCUT2D eigenvalue weighted by Gasteiger charge is 2.50. The zero-order valence-electron chi connectivity index (χ0n) is 25.1. The number of aromatic nitrogens is 4. The van der Waals surface area contributed by atoms with Crippen molar-refractivity contribution in [3.63, 3.8) is 0 Å². The van der Waals surface area contributed by atoms with Crippen LogP contribution < -0.4 is 16.4 Å². The Morgan fingerprint density at radius 3 is 2.48 bits per heavy atom. The number of aliphatic hydroxyl groups excluding tert-OH is 2. The highest BCUT2D eigenvalue weighted by atomic mass is 32.2. The second kappa shape index (κ2) is 15.0. The van der Waals surface area contributed by atoms with E-state index in [1.54, 1.807) is 0 Å². The average molecular weight is 767 g/mol. The third-order valence-corrected chi connectivity index (χ3v) is 10.7. The van der Waals surface area contributed by atoms with Crippen LogP contribution in [-0.4, -0.2) is 116 Å². The van der Waals surface area contributed by atoms with Crippen molar-refractivity contribution in [2.24, 2.45) is 5.41 Å². The van der Waals surface area contributed by atoms with Gasteiger partial charge in [-0.15, -0.1) is 0 Å². The predicted molar refractivity (Wildman–Crippen MR) is 162 cm³/mol. The third kappa shape index (κ3) is 10.5. The number of nitrogens with two attached hydrogens (primary N) is 1. The maximum Gasteiger partial charge on any atom is 0.481 e. The molecule has 23 nitrogen and oxygen atoms in total. The van der Waals surface area contributed by atoms with E-state index in [9.17, 15) is 53.1 Å². The minimum atomic E-state index is -5.53. The van der Waals surface area contributed by atoms with E-state index in [1.165, 1.54) is 13.8 Å². The van der Waals surface area contributed by atoms with Crippen LogP contribution in [0.4, 0.5) is 5.82 Å². The van der Waals surface area contributed by atoms with E-state index in [0.29, 0.717) is 0 Å². The van der Waals surface area contributed by atoms with Gasteiger partial charge in [-0.05, 0) is 0 Å². The third-order valence-electron chi connectivity index (χ3n) is 6.77. The van der Waals surface area contributed by atoms with Gasteiger partial charge in [-0.2, -0.15) is 4.31 Å². The van der Waals surface area contributed by atoms with E-state index in [4.69, 9.17) is 19.5 Å². The number of rotatable bonds is 17. The molecule has 0 radical (unpaired) electrons. The number of nitrogens with zero attached hydrogens (tertiary/aromatic N) is 4. The summed E-state index contributed by atoms with van der Waals surface area (Å²) in [5.74, 6) is -0.388. The van der Waals surface area contributed by atoms with Crippen LogP contribution in [0.25, 0.3) is 11.2 Å². The normalized spacial score (nSPS) is 26.0. The number of nitrogen functional groups attached to an aromatic ring is 1. The van der Waals surface area contributed by atoms with Gasteiger partial charge in [0.1, 0.15) is 36.3 Å². The molecule has 0 aromatic carbocycles. The molecule has 8 atom stereocenters. The fraction of sp³-hybridized carbons (Fsp3) is 0.667. The van der Waals surface area contributed by atoms with Gasteiger partial charge in [0.15, 0.2) is 23.4 Å². The van der Waals surface area contributed by atoms with Gasteiger partial charge in [0.25, 0.3) is 0 Å². The molecule has 2 aromatic heterocycles. The minimum Gasteiger partial charge on any atom is -0.386 e. The number of imidazole rings is 1. The number of amides is 2. The van der Waals surface area contributed by atoms with Crippen LogP contribution in [0.15, 0.2) is 12.7 Å². The number of carbonyl (C=O) groups is 2. The summed E-state index contributed by atoms with van der Waals surface area (Å²) in [5, 5.41) is 26.4. The Labute approximate surface area is 275 Å². The van der Waals surface area contributed by atoms with Crippen molar-refractivity contribution in [3.8, 4) is 0 Å². The molecule has 2 aliphatic heterocycles. The number of nitrogens with one attached hydrogen (secondary N) is 2. The predicted octanol–water partition coefficient (Wildman–Crippen LogP) is -2.44. The van der Waals surface area contributed by atoms with Crippen molar-refractivity contribution >= 4 is 64.0 Å². The lowest BCUT2D eigenvalue weighted by Gasteiger charge is -2.30. The first kappa shape index (κ1) is 38.7. The fourth-order valence-corrected chi connectivity index (χ4v) is 7.51. The van der Waals surface area contributed by atoms with E-state index in [-0.39, 0.29) is 41.2 Å². The lowest BCUT2D eigenvalue weighted by atomic mass is 9.87. The standard InChI is InChI=1S/C21H34N7O16P3S/c1-21(2,16(31)19(32)23-4-3-11(29)27-12-6-48-12)7-41-47(38,39)44-46(36,37)40-5-10-15(43-45(33,34)35)14(30)20(42-10)28-9-26-13-17(22)24-8-25-18(13)28/h8-10,12,14-16,20,30-31H,3-7H2,1-2H3,(H,23,32)(H,27,29)(H,36,37)(H,38,39)(H2,22,24,25)(H2,33,34,35)/p+1/t10-,12+,14-,15-,16+,20-/m1/s1. The molecule has 2 fully saturated rings. The van der Waals surface area contributed by atoms with Crippen LogP contribution in [0.5, 0.6) is 0 Å². The summed E-state index contributed by atoms with van der Waals surface area (Å²) < 4.78 is 61.8. The molecule has 2 unspecified atom stereocenters. The molecule has 0 saturated carbocycles. The molecule has 2 saturated heterocycles. The molecular formula is C21H35N7O16P3S+. The van der Waals surface area contributed by atoms with Crippen molar-refractivity contribution in [1.29, 1.82) is 0 Å². The Hall–Kier alpha value is -2.11. The van der Waals surface area contributed by atoms with E-state index >= 15 is 0 Å². The lowest BCUT2D eigenvalue weighted by molar-refractivity contribution is -0.137. The lowest BCUT2D eigenvalue weighted by Crippen LogP contribution is -2.46. The molecule has 2 aromatic rings. The van der Waals surface area contributed by atoms with Gasteiger partial charge in [0.2, 0.25) is 17.2 Å². The highest BCUT2D eigenvalue weighted by molar-refractivity contribution is 7.86. The zero-order valence-corrected chi connectivity index (χ0v) is 28.7. The SMILES string of the molecule is CC(C)(COP(=O)(O)OP(=O)(O)OC[C@H]1O[C@@H](n2cnc3c(N)ncnc32)[C@H](O)[C@@H]1OP(=O)(O)O)[C@@H](O)C(=O)NCCC(=O)N[C@@H]1C[SH+]1. The molecule has 48 heavy (non-hydrogen) atoms. The van der Waals surface area contributed by atoms with E-state index < -0.39 is 78.6 Å². The number of hydrogen-bond acceptors (Lipinski definition) is 16. The van der Waals surface area contributed by atoms with Crippen LogP contribution >= 0.6 is 23.5 Å². The number of aliphatic hydroxyl groups is 2. The molecule has 0 spiro atoms. The zero-order chi connectivity index (χ0) is 35.7. The van der Waals surface area contributed by atoms with E-state index in [2.05, 4.69) is 34.4 Å². The van der Waals surface area contributed by atoms with Crippen LogP contribution in [0.2, 0.25) is 0 Å². The van der Waals surface area contributed by atoms with Crippen LogP contribution in [0.3, 0.4) is 0 Å². The molecule has 4 rings (SSSR count). The van der Waals surface area contributed by atoms with Crippen molar-refractivity contribution in [1.82, 2.24) is 30.2 Å². The monoisotopic (exact) mass is 766 g/mol. The van der Waals surface area contributed by atoms with Gasteiger partial charge in [-0.3, -0.25) is 27.7 Å². The van der Waals surface area contributed by atoms with Gasteiger partial charge >= 0.3 is 23.5 Å². The topological polar surface area (TPSA) is 347 Å². The van der Waals surface area contributed by atoms with Gasteiger partial charge < -0.3 is 50.9 Å². The molecule has 2 aliphatic rings. The maximum absolute atomic E-state index is 12.6. The number of fused-ring (bicyclic) bond motifs is 1.